The lowest BCUT2D eigenvalue weighted by Gasteiger charge is -2.24. The van der Waals surface area contributed by atoms with Crippen molar-refractivity contribution in [1.29, 1.82) is 0 Å². The summed E-state index contributed by atoms with van der Waals surface area (Å²) >= 11 is 0. The van der Waals surface area contributed by atoms with Crippen molar-refractivity contribution in [2.45, 2.75) is 168 Å². The molecule has 0 fully saturated rings. The molecule has 10 heteroatoms. The zero-order chi connectivity index (χ0) is 37.9. The van der Waals surface area contributed by atoms with Crippen LogP contribution in [0.2, 0.25) is 0 Å². The first-order valence-corrected chi connectivity index (χ1v) is 21.7. The van der Waals surface area contributed by atoms with Gasteiger partial charge in [-0.2, -0.15) is 0 Å². The Morgan fingerprint density at radius 1 is 0.608 bits per heavy atom. The van der Waals surface area contributed by atoms with Crippen molar-refractivity contribution in [3.8, 4) is 0 Å². The zero-order valence-corrected chi connectivity index (χ0v) is 34.2. The van der Waals surface area contributed by atoms with E-state index in [1.165, 1.54) is 44.9 Å². The maximum absolute atomic E-state index is 12.6. The molecule has 9 nitrogen and oxygen atoms in total. The molecule has 0 aliphatic rings. The van der Waals surface area contributed by atoms with Crippen LogP contribution in [0.25, 0.3) is 0 Å². The van der Waals surface area contributed by atoms with Gasteiger partial charge in [-0.3, -0.25) is 18.6 Å². The Labute approximate surface area is 312 Å². The van der Waals surface area contributed by atoms with E-state index in [-0.39, 0.29) is 32.0 Å². The number of phosphoric ester groups is 1. The number of unbranched alkanes of at least 4 members (excludes halogenated alkanes) is 16. The Bertz CT molecular complexity index is 975. The van der Waals surface area contributed by atoms with Gasteiger partial charge in [0.15, 0.2) is 6.10 Å². The van der Waals surface area contributed by atoms with Crippen molar-refractivity contribution in [2.24, 2.45) is 0 Å². The van der Waals surface area contributed by atoms with Crippen molar-refractivity contribution in [3.05, 3.63) is 36.5 Å². The van der Waals surface area contributed by atoms with Gasteiger partial charge in [0, 0.05) is 12.8 Å². The summed E-state index contributed by atoms with van der Waals surface area (Å²) in [6.07, 6.45) is 36.1. The van der Waals surface area contributed by atoms with Crippen molar-refractivity contribution in [1.82, 2.24) is 0 Å². The molecule has 2 atom stereocenters. The molecule has 51 heavy (non-hydrogen) atoms. The number of likely N-dealkylation sites (N-methyl/N-ethyl adjacent to an activating group) is 1. The number of allylic oxidation sites excluding steroid dienone is 6. The molecule has 0 radical (unpaired) electrons. The molecule has 0 saturated carbocycles. The number of phosphoric acid groups is 1. The molecule has 298 valence electrons. The predicted molar refractivity (Wildman–Crippen MR) is 210 cm³/mol. The number of quaternary nitrogens is 1. The Balaban J connectivity index is 4.44. The molecular weight excluding hydrogens is 665 g/mol. The van der Waals surface area contributed by atoms with Crippen molar-refractivity contribution in [3.63, 3.8) is 0 Å². The zero-order valence-electron chi connectivity index (χ0n) is 33.3. The molecule has 0 rings (SSSR count). The highest BCUT2D eigenvalue weighted by molar-refractivity contribution is 7.47. The molecule has 0 bridgehead atoms. The van der Waals surface area contributed by atoms with Crippen molar-refractivity contribution in [2.75, 3.05) is 47.5 Å². The second-order valence-electron chi connectivity index (χ2n) is 14.7. The first-order chi connectivity index (χ1) is 24.5. The predicted octanol–water partition coefficient (Wildman–Crippen LogP) is 11.0. The molecule has 0 aliphatic heterocycles. The summed E-state index contributed by atoms with van der Waals surface area (Å²) < 4.78 is 34.2. The smallest absolute Gasteiger partial charge is 0.462 e. The summed E-state index contributed by atoms with van der Waals surface area (Å²) in [6.45, 7) is 4.33. The van der Waals surface area contributed by atoms with Crippen LogP contribution in [0.3, 0.4) is 0 Å². The highest BCUT2D eigenvalue weighted by Crippen LogP contribution is 2.43. The van der Waals surface area contributed by atoms with Gasteiger partial charge < -0.3 is 18.9 Å². The van der Waals surface area contributed by atoms with Gasteiger partial charge in [0.05, 0.1) is 27.7 Å². The first kappa shape index (κ1) is 49.2. The second kappa shape index (κ2) is 34.0. The van der Waals surface area contributed by atoms with Gasteiger partial charge in [0.1, 0.15) is 19.8 Å². The Morgan fingerprint density at radius 2 is 1.06 bits per heavy atom. The summed E-state index contributed by atoms with van der Waals surface area (Å²) in [5, 5.41) is 0. The van der Waals surface area contributed by atoms with E-state index in [4.69, 9.17) is 18.5 Å². The van der Waals surface area contributed by atoms with E-state index in [2.05, 4.69) is 50.3 Å². The average molecular weight is 743 g/mol. The van der Waals surface area contributed by atoms with Crippen LogP contribution >= 0.6 is 7.82 Å². The quantitative estimate of drug-likeness (QED) is 0.0222. The van der Waals surface area contributed by atoms with Gasteiger partial charge >= 0.3 is 19.8 Å². The van der Waals surface area contributed by atoms with E-state index < -0.39 is 26.5 Å². The molecular formula is C41H77NO8P+. The average Bonchev–Trinajstić information content (AvgIpc) is 3.07. The molecule has 0 aromatic heterocycles. The largest absolute Gasteiger partial charge is 0.472 e. The van der Waals surface area contributed by atoms with E-state index in [1.807, 2.05) is 21.1 Å². The fourth-order valence-corrected chi connectivity index (χ4v) is 5.90. The number of hydrogen-bond acceptors (Lipinski definition) is 7. The van der Waals surface area contributed by atoms with Gasteiger partial charge in [0.2, 0.25) is 0 Å². The summed E-state index contributed by atoms with van der Waals surface area (Å²) in [5.41, 5.74) is 0. The number of nitrogens with zero attached hydrogens (tertiary/aromatic N) is 1. The van der Waals surface area contributed by atoms with Crippen molar-refractivity contribution < 1.29 is 42.1 Å². The topological polar surface area (TPSA) is 108 Å². The van der Waals surface area contributed by atoms with E-state index in [9.17, 15) is 19.0 Å². The molecule has 0 aromatic carbocycles. The summed E-state index contributed by atoms with van der Waals surface area (Å²) in [7, 11) is 1.46. The number of ether oxygens (including phenoxy) is 2. The van der Waals surface area contributed by atoms with Gasteiger partial charge in [-0.15, -0.1) is 0 Å². The molecule has 0 aliphatic carbocycles. The number of esters is 2. The minimum Gasteiger partial charge on any atom is -0.462 e. The second-order valence-corrected chi connectivity index (χ2v) is 16.1. The maximum Gasteiger partial charge on any atom is 0.472 e. The van der Waals surface area contributed by atoms with E-state index in [1.54, 1.807) is 0 Å². The van der Waals surface area contributed by atoms with Crippen LogP contribution in [0.5, 0.6) is 0 Å². The van der Waals surface area contributed by atoms with E-state index in [0.717, 1.165) is 83.5 Å². The fraction of sp³-hybridized carbons (Fsp3) is 0.805. The van der Waals surface area contributed by atoms with Crippen LogP contribution in [0.4, 0.5) is 0 Å². The lowest BCUT2D eigenvalue weighted by Crippen LogP contribution is -2.37. The first-order valence-electron chi connectivity index (χ1n) is 20.2. The molecule has 1 N–H and O–H groups in total. The van der Waals surface area contributed by atoms with Crippen molar-refractivity contribution >= 4 is 19.8 Å². The Kier molecular flexibility index (Phi) is 32.8. The third-order valence-corrected chi connectivity index (χ3v) is 9.38. The maximum atomic E-state index is 12.6. The van der Waals surface area contributed by atoms with E-state index >= 15 is 0 Å². The minimum atomic E-state index is -4.37. The third-order valence-electron chi connectivity index (χ3n) is 8.39. The number of hydrogen-bond donors (Lipinski definition) is 1. The summed E-state index contributed by atoms with van der Waals surface area (Å²) in [6, 6.07) is 0. The van der Waals surface area contributed by atoms with Crippen LogP contribution in [-0.2, 0) is 32.7 Å². The number of carbonyl (C=O) groups is 2. The lowest BCUT2D eigenvalue weighted by molar-refractivity contribution is -0.870. The normalized spacial score (nSPS) is 14.1. The number of rotatable bonds is 36. The standard InChI is InChI=1S/C41H76NO8P/c1-6-8-10-12-14-16-18-20-21-22-24-25-27-29-31-33-40(43)47-37-39(38-49-51(45,46)48-36-35-42(3,4)5)50-41(44)34-32-30-28-26-23-19-17-15-13-11-9-7-2/h14-17,20-21,39H,6-13,18-19,22-38H2,1-5H3/p+1/b16-14+,17-15+,21-20+/t39-/m1/s1. The van der Waals surface area contributed by atoms with Gasteiger partial charge in [-0.25, -0.2) is 4.57 Å². The fourth-order valence-electron chi connectivity index (χ4n) is 5.15. The Hall–Kier alpha value is -1.77. The van der Waals surface area contributed by atoms with Crippen LogP contribution in [0.15, 0.2) is 36.5 Å². The summed E-state index contributed by atoms with van der Waals surface area (Å²) in [4.78, 5) is 35.2. The number of carbonyl (C=O) groups excluding carboxylic acids is 2. The van der Waals surface area contributed by atoms with Gasteiger partial charge in [-0.05, 0) is 70.6 Å². The Morgan fingerprint density at radius 3 is 1.57 bits per heavy atom. The van der Waals surface area contributed by atoms with Gasteiger partial charge in [-0.1, -0.05) is 115 Å². The highest BCUT2D eigenvalue weighted by atomic mass is 31.2. The third kappa shape index (κ3) is 37.8. The van der Waals surface area contributed by atoms with Crippen LogP contribution < -0.4 is 0 Å². The molecule has 0 amide bonds. The van der Waals surface area contributed by atoms with Crippen LogP contribution in [0, 0.1) is 0 Å². The molecule has 0 saturated heterocycles. The van der Waals surface area contributed by atoms with Gasteiger partial charge in [0.25, 0.3) is 0 Å². The van der Waals surface area contributed by atoms with Crippen LogP contribution in [-0.4, -0.2) is 74.9 Å². The lowest BCUT2D eigenvalue weighted by atomic mass is 10.1. The molecule has 0 spiro atoms. The van der Waals surface area contributed by atoms with Crippen LogP contribution in [0.1, 0.15) is 162 Å². The molecule has 0 heterocycles. The van der Waals surface area contributed by atoms with E-state index in [0.29, 0.717) is 17.4 Å². The monoisotopic (exact) mass is 743 g/mol. The molecule has 1 unspecified atom stereocenters. The SMILES string of the molecule is CCCCC/C=C/C/C=C/CCCCCCCC(=O)OC[C@H](COP(=O)(O)OCC[N+](C)(C)C)OC(=O)CCCCCCC/C=C/CCCCC. The molecule has 0 aromatic rings. The highest BCUT2D eigenvalue weighted by Gasteiger charge is 2.27. The summed E-state index contributed by atoms with van der Waals surface area (Å²) in [5.74, 6) is -0.828. The minimum absolute atomic E-state index is 0.0273.